The van der Waals surface area contributed by atoms with E-state index in [4.69, 9.17) is 10.8 Å². The first-order valence-corrected chi connectivity index (χ1v) is 5.64. The molecule has 104 valence electrons. The van der Waals surface area contributed by atoms with Crippen molar-refractivity contribution in [1.82, 2.24) is 15.1 Å². The third kappa shape index (κ3) is 4.09. The molecule has 0 aliphatic rings. The van der Waals surface area contributed by atoms with Crippen LogP contribution in [0.15, 0.2) is 6.07 Å². The Labute approximate surface area is 109 Å². The van der Waals surface area contributed by atoms with Gasteiger partial charge in [0.25, 0.3) is 5.91 Å². The molecule has 1 atom stereocenters. The molecule has 0 unspecified atom stereocenters. The largest absolute Gasteiger partial charge is 0.480 e. The van der Waals surface area contributed by atoms with E-state index in [1.54, 1.807) is 20.0 Å². The first-order chi connectivity index (χ1) is 8.81. The molecule has 0 saturated heterocycles. The van der Waals surface area contributed by atoms with Gasteiger partial charge in [0, 0.05) is 13.5 Å². The molecule has 4 N–H and O–H groups in total. The van der Waals surface area contributed by atoms with E-state index in [1.165, 1.54) is 4.68 Å². The number of carboxylic acids is 1. The number of aromatic nitrogens is 2. The smallest absolute Gasteiger partial charge is 0.326 e. The fourth-order valence-corrected chi connectivity index (χ4v) is 1.60. The zero-order chi connectivity index (χ0) is 14.6. The fraction of sp³-hybridized carbons (Fsp3) is 0.455. The van der Waals surface area contributed by atoms with Crippen LogP contribution in [0.4, 0.5) is 0 Å². The quantitative estimate of drug-likeness (QED) is 0.621. The number of primary amides is 1. The molecule has 0 aliphatic heterocycles. The van der Waals surface area contributed by atoms with Crippen LogP contribution >= 0.6 is 0 Å². The Hall–Kier alpha value is -2.38. The van der Waals surface area contributed by atoms with Crippen molar-refractivity contribution in [3.05, 3.63) is 17.5 Å². The summed E-state index contributed by atoms with van der Waals surface area (Å²) >= 11 is 0. The van der Waals surface area contributed by atoms with Crippen molar-refractivity contribution in [2.45, 2.75) is 25.8 Å². The van der Waals surface area contributed by atoms with Gasteiger partial charge in [0.1, 0.15) is 11.7 Å². The van der Waals surface area contributed by atoms with E-state index in [-0.39, 0.29) is 18.5 Å². The molecule has 0 saturated carbocycles. The number of rotatable bonds is 6. The van der Waals surface area contributed by atoms with Crippen LogP contribution in [0, 0.1) is 6.92 Å². The summed E-state index contributed by atoms with van der Waals surface area (Å²) in [5.74, 6) is -2.38. The normalized spacial score (nSPS) is 11.9. The minimum atomic E-state index is -1.21. The number of carbonyl (C=O) groups is 3. The highest BCUT2D eigenvalue weighted by atomic mass is 16.4. The lowest BCUT2D eigenvalue weighted by molar-refractivity contribution is -0.139. The highest BCUT2D eigenvalue weighted by molar-refractivity contribution is 5.95. The van der Waals surface area contributed by atoms with Gasteiger partial charge in [0.05, 0.1) is 5.69 Å². The van der Waals surface area contributed by atoms with Crippen molar-refractivity contribution in [1.29, 1.82) is 0 Å². The Kier molecular flexibility index (Phi) is 4.62. The maximum absolute atomic E-state index is 11.9. The summed E-state index contributed by atoms with van der Waals surface area (Å²) in [6.45, 7) is 1.72. The first-order valence-electron chi connectivity index (χ1n) is 5.64. The van der Waals surface area contributed by atoms with Crippen molar-refractivity contribution in [3.63, 3.8) is 0 Å². The minimum Gasteiger partial charge on any atom is -0.480 e. The lowest BCUT2D eigenvalue weighted by Crippen LogP contribution is -2.42. The van der Waals surface area contributed by atoms with Gasteiger partial charge in [-0.25, -0.2) is 4.79 Å². The van der Waals surface area contributed by atoms with Crippen LogP contribution in [0.5, 0.6) is 0 Å². The zero-order valence-corrected chi connectivity index (χ0v) is 10.7. The van der Waals surface area contributed by atoms with Crippen molar-refractivity contribution < 1.29 is 19.5 Å². The third-order valence-corrected chi connectivity index (χ3v) is 2.52. The predicted molar refractivity (Wildman–Crippen MR) is 65.3 cm³/mol. The average molecular weight is 268 g/mol. The number of carboxylic acid groups (broad SMARTS) is 1. The monoisotopic (exact) mass is 268 g/mol. The molecule has 8 nitrogen and oxygen atoms in total. The Balaban J connectivity index is 2.74. The summed E-state index contributed by atoms with van der Waals surface area (Å²) in [6.07, 6.45) is -0.158. The number of nitrogens with two attached hydrogens (primary N) is 1. The summed E-state index contributed by atoms with van der Waals surface area (Å²) in [5.41, 5.74) is 5.85. The molecule has 19 heavy (non-hydrogen) atoms. The van der Waals surface area contributed by atoms with Crippen molar-refractivity contribution >= 4 is 17.8 Å². The second-order valence-electron chi connectivity index (χ2n) is 4.16. The predicted octanol–water partition coefficient (Wildman–Crippen LogP) is -0.823. The number of aliphatic carboxylic acids is 1. The summed E-state index contributed by atoms with van der Waals surface area (Å²) in [6, 6.07) is 0.387. The second kappa shape index (κ2) is 5.98. The molecule has 8 heteroatoms. The van der Waals surface area contributed by atoms with Crippen LogP contribution in [0.2, 0.25) is 0 Å². The standard InChI is InChI=1S/C11H16N4O4/c1-6-5-8(15(2)14-6)10(17)13-7(11(18)19)3-4-9(12)16/h5,7H,3-4H2,1-2H3,(H2,12,16)(H,13,17)(H,18,19)/t7-/m0/s1. The van der Waals surface area contributed by atoms with Gasteiger partial charge in [-0.1, -0.05) is 0 Å². The lowest BCUT2D eigenvalue weighted by Gasteiger charge is -2.13. The highest BCUT2D eigenvalue weighted by Gasteiger charge is 2.22. The van der Waals surface area contributed by atoms with Crippen LogP contribution in [0.3, 0.4) is 0 Å². The highest BCUT2D eigenvalue weighted by Crippen LogP contribution is 2.04. The van der Waals surface area contributed by atoms with Gasteiger partial charge >= 0.3 is 5.97 Å². The Morgan fingerprint density at radius 1 is 1.53 bits per heavy atom. The number of hydrogen-bond acceptors (Lipinski definition) is 4. The molecule has 0 spiro atoms. The molecule has 1 aromatic heterocycles. The molecule has 2 amide bonds. The maximum Gasteiger partial charge on any atom is 0.326 e. The van der Waals surface area contributed by atoms with Crippen molar-refractivity contribution in [3.8, 4) is 0 Å². The molecule has 1 rings (SSSR count). The van der Waals surface area contributed by atoms with Gasteiger partial charge in [0.15, 0.2) is 0 Å². The number of aryl methyl sites for hydroxylation is 2. The maximum atomic E-state index is 11.9. The van der Waals surface area contributed by atoms with Gasteiger partial charge in [-0.2, -0.15) is 5.10 Å². The van der Waals surface area contributed by atoms with Crippen molar-refractivity contribution in [2.75, 3.05) is 0 Å². The summed E-state index contributed by atoms with van der Waals surface area (Å²) < 4.78 is 1.36. The van der Waals surface area contributed by atoms with Gasteiger partial charge in [-0.15, -0.1) is 0 Å². The van der Waals surface area contributed by atoms with E-state index in [0.29, 0.717) is 5.69 Å². The second-order valence-corrected chi connectivity index (χ2v) is 4.16. The molecule has 0 aliphatic carbocycles. The van der Waals surface area contributed by atoms with Crippen LogP contribution < -0.4 is 11.1 Å². The molecular weight excluding hydrogens is 252 g/mol. The zero-order valence-electron chi connectivity index (χ0n) is 10.7. The molecule has 0 aromatic carbocycles. The number of nitrogens with zero attached hydrogens (tertiary/aromatic N) is 2. The number of carbonyl (C=O) groups excluding carboxylic acids is 2. The Morgan fingerprint density at radius 2 is 2.16 bits per heavy atom. The minimum absolute atomic E-state index is 0.0484. The molecular formula is C11H16N4O4. The van der Waals surface area contributed by atoms with Gasteiger partial charge < -0.3 is 16.2 Å². The van der Waals surface area contributed by atoms with E-state index in [9.17, 15) is 14.4 Å². The summed E-state index contributed by atoms with van der Waals surface area (Å²) in [5, 5.41) is 15.3. The van der Waals surface area contributed by atoms with Gasteiger partial charge in [-0.05, 0) is 19.4 Å². The summed E-state index contributed by atoms with van der Waals surface area (Å²) in [7, 11) is 1.58. The van der Waals surface area contributed by atoms with E-state index in [1.807, 2.05) is 0 Å². The SMILES string of the molecule is Cc1cc(C(=O)N[C@@H](CCC(N)=O)C(=O)O)n(C)n1. The molecule has 0 fully saturated rings. The van der Waals surface area contributed by atoms with Crippen molar-refractivity contribution in [2.24, 2.45) is 12.8 Å². The van der Waals surface area contributed by atoms with E-state index < -0.39 is 23.8 Å². The summed E-state index contributed by atoms with van der Waals surface area (Å²) in [4.78, 5) is 33.5. The van der Waals surface area contributed by atoms with E-state index in [0.717, 1.165) is 0 Å². The number of amides is 2. The lowest BCUT2D eigenvalue weighted by atomic mass is 10.1. The molecule has 0 radical (unpaired) electrons. The van der Waals surface area contributed by atoms with E-state index >= 15 is 0 Å². The molecule has 1 aromatic rings. The van der Waals surface area contributed by atoms with Crippen LogP contribution in [0.1, 0.15) is 29.0 Å². The topological polar surface area (TPSA) is 127 Å². The van der Waals surface area contributed by atoms with Crippen LogP contribution in [-0.4, -0.2) is 38.7 Å². The Bertz CT molecular complexity index is 509. The third-order valence-electron chi connectivity index (χ3n) is 2.52. The van der Waals surface area contributed by atoms with Gasteiger partial charge in [0.2, 0.25) is 5.91 Å². The Morgan fingerprint density at radius 3 is 2.58 bits per heavy atom. The average Bonchev–Trinajstić information content (AvgIpc) is 2.62. The molecule has 0 bridgehead atoms. The van der Waals surface area contributed by atoms with E-state index in [2.05, 4.69) is 10.4 Å². The van der Waals surface area contributed by atoms with Crippen LogP contribution in [0.25, 0.3) is 0 Å². The fourth-order valence-electron chi connectivity index (χ4n) is 1.60. The molecule has 1 heterocycles. The van der Waals surface area contributed by atoms with Crippen LogP contribution in [-0.2, 0) is 16.6 Å². The number of nitrogens with one attached hydrogen (secondary N) is 1. The number of hydrogen-bond donors (Lipinski definition) is 3. The first kappa shape index (κ1) is 14.7. The van der Waals surface area contributed by atoms with Gasteiger partial charge in [-0.3, -0.25) is 14.3 Å².